The summed E-state index contributed by atoms with van der Waals surface area (Å²) in [6, 6.07) is 4.60. The molecule has 2 rings (SSSR count). The monoisotopic (exact) mass is 251 g/mol. The van der Waals surface area contributed by atoms with Crippen molar-refractivity contribution >= 4 is 11.6 Å². The summed E-state index contributed by atoms with van der Waals surface area (Å²) in [6.07, 6.45) is 0.804. The molecule has 1 atom stereocenters. The molecule has 0 bridgehead atoms. The third kappa shape index (κ3) is 2.61. The van der Waals surface area contributed by atoms with Gasteiger partial charge in [-0.1, -0.05) is 12.1 Å². The lowest BCUT2D eigenvalue weighted by molar-refractivity contribution is -0.119. The minimum Gasteiger partial charge on any atom is -0.360 e. The average molecular weight is 251 g/mol. The summed E-state index contributed by atoms with van der Waals surface area (Å²) in [5, 5.41) is 2.78. The van der Waals surface area contributed by atoms with Crippen molar-refractivity contribution in [2.75, 3.05) is 24.5 Å². The highest BCUT2D eigenvalue weighted by atomic mass is 19.1. The van der Waals surface area contributed by atoms with E-state index in [-0.39, 0.29) is 24.3 Å². The highest BCUT2D eigenvalue weighted by molar-refractivity contribution is 5.82. The maximum atomic E-state index is 14.0. The number of nitrogens with one attached hydrogen (secondary N) is 1. The molecule has 1 fully saturated rings. The van der Waals surface area contributed by atoms with Crippen molar-refractivity contribution in [3.05, 3.63) is 29.6 Å². The van der Waals surface area contributed by atoms with Crippen molar-refractivity contribution in [3.8, 4) is 0 Å². The highest BCUT2D eigenvalue weighted by Gasteiger charge is 2.21. The maximum Gasteiger partial charge on any atom is 0.239 e. The molecule has 0 unspecified atom stereocenters. The number of halogens is 1. The van der Waals surface area contributed by atoms with E-state index in [1.165, 1.54) is 6.07 Å². The Morgan fingerprint density at radius 1 is 1.50 bits per heavy atom. The lowest BCUT2D eigenvalue weighted by atomic mass is 10.1. The van der Waals surface area contributed by atoms with Gasteiger partial charge in [0.25, 0.3) is 0 Å². The molecular formula is C13H18FN3O. The molecule has 1 heterocycles. The molecular weight excluding hydrogens is 233 g/mol. The van der Waals surface area contributed by atoms with Crippen LogP contribution in [0.25, 0.3) is 0 Å². The number of nitrogens with two attached hydrogens (primary N) is 1. The van der Waals surface area contributed by atoms with Crippen LogP contribution in [0.4, 0.5) is 10.1 Å². The van der Waals surface area contributed by atoms with Gasteiger partial charge in [-0.2, -0.15) is 0 Å². The fourth-order valence-corrected chi connectivity index (χ4v) is 2.23. The van der Waals surface area contributed by atoms with Crippen molar-refractivity contribution in [2.24, 2.45) is 5.73 Å². The molecule has 0 aromatic heterocycles. The van der Waals surface area contributed by atoms with E-state index in [4.69, 9.17) is 5.73 Å². The number of hydrogen-bond acceptors (Lipinski definition) is 3. The third-order valence-corrected chi connectivity index (χ3v) is 3.09. The first-order chi connectivity index (χ1) is 8.59. The number of rotatable bonds is 2. The van der Waals surface area contributed by atoms with Gasteiger partial charge in [-0.05, 0) is 25.0 Å². The van der Waals surface area contributed by atoms with E-state index in [1.54, 1.807) is 11.0 Å². The summed E-state index contributed by atoms with van der Waals surface area (Å²) in [5.41, 5.74) is 7.07. The lowest BCUT2D eigenvalue weighted by Gasteiger charge is -2.26. The topological polar surface area (TPSA) is 58.4 Å². The predicted octanol–water partition coefficient (Wildman–Crippen LogP) is 1.17. The smallest absolute Gasteiger partial charge is 0.239 e. The van der Waals surface area contributed by atoms with Crippen LogP contribution >= 0.6 is 0 Å². The summed E-state index contributed by atoms with van der Waals surface area (Å²) in [5.74, 6) is -0.397. The van der Waals surface area contributed by atoms with Gasteiger partial charge in [0.05, 0.1) is 12.2 Å². The van der Waals surface area contributed by atoms with Gasteiger partial charge in [0, 0.05) is 19.1 Å². The van der Waals surface area contributed by atoms with E-state index >= 15 is 0 Å². The van der Waals surface area contributed by atoms with E-state index < -0.39 is 0 Å². The number of carbonyl (C=O) groups is 1. The molecule has 0 radical (unpaired) electrons. The normalized spacial score (nSPS) is 18.2. The van der Waals surface area contributed by atoms with Crippen molar-refractivity contribution < 1.29 is 9.18 Å². The molecule has 0 spiro atoms. The Kier molecular flexibility index (Phi) is 3.81. The van der Waals surface area contributed by atoms with Crippen LogP contribution in [-0.2, 0) is 4.79 Å². The molecule has 1 saturated heterocycles. The first-order valence-corrected chi connectivity index (χ1v) is 6.15. The number of para-hydroxylation sites is 1. The summed E-state index contributed by atoms with van der Waals surface area (Å²) in [6.45, 7) is 3.29. The number of hydrogen-bond donors (Lipinski definition) is 2. The van der Waals surface area contributed by atoms with E-state index in [9.17, 15) is 9.18 Å². The standard InChI is InChI=1S/C13H18FN3O/c1-9(15)10-4-2-5-11(14)13(10)17-7-3-6-16-12(18)8-17/h2,4-5,9H,3,6-8,15H2,1H3,(H,16,18)/t9-/m0/s1. The van der Waals surface area contributed by atoms with Gasteiger partial charge in [-0.15, -0.1) is 0 Å². The largest absolute Gasteiger partial charge is 0.360 e. The van der Waals surface area contributed by atoms with Gasteiger partial charge in [0.2, 0.25) is 5.91 Å². The number of carbonyl (C=O) groups excluding carboxylic acids is 1. The molecule has 1 aliphatic rings. The fraction of sp³-hybridized carbons (Fsp3) is 0.462. The molecule has 1 aliphatic heterocycles. The zero-order chi connectivity index (χ0) is 13.1. The minimum atomic E-state index is -0.320. The minimum absolute atomic E-state index is 0.0774. The van der Waals surface area contributed by atoms with Gasteiger partial charge in [-0.25, -0.2) is 4.39 Å². The Labute approximate surface area is 106 Å². The molecule has 4 nitrogen and oxygen atoms in total. The SMILES string of the molecule is C[C@H](N)c1cccc(F)c1N1CCCNC(=O)C1. The number of benzene rings is 1. The van der Waals surface area contributed by atoms with Crippen LogP contribution in [0.5, 0.6) is 0 Å². The van der Waals surface area contributed by atoms with Crippen molar-refractivity contribution in [1.29, 1.82) is 0 Å². The molecule has 0 saturated carbocycles. The molecule has 1 aromatic rings. The van der Waals surface area contributed by atoms with E-state index in [0.717, 1.165) is 12.0 Å². The Morgan fingerprint density at radius 3 is 3.00 bits per heavy atom. The molecule has 1 aromatic carbocycles. The Hall–Kier alpha value is -1.62. The molecule has 3 N–H and O–H groups in total. The molecule has 18 heavy (non-hydrogen) atoms. The first-order valence-electron chi connectivity index (χ1n) is 6.15. The van der Waals surface area contributed by atoms with E-state index in [0.29, 0.717) is 18.8 Å². The Morgan fingerprint density at radius 2 is 2.28 bits per heavy atom. The third-order valence-electron chi connectivity index (χ3n) is 3.09. The number of nitrogens with zero attached hydrogens (tertiary/aromatic N) is 1. The van der Waals surface area contributed by atoms with Crippen molar-refractivity contribution in [1.82, 2.24) is 5.32 Å². The second kappa shape index (κ2) is 5.35. The van der Waals surface area contributed by atoms with Gasteiger partial charge in [0.1, 0.15) is 5.82 Å². The quantitative estimate of drug-likeness (QED) is 0.829. The van der Waals surface area contributed by atoms with Crippen LogP contribution in [0, 0.1) is 5.82 Å². The number of amides is 1. The zero-order valence-electron chi connectivity index (χ0n) is 10.4. The average Bonchev–Trinajstić information content (AvgIpc) is 2.53. The summed E-state index contributed by atoms with van der Waals surface area (Å²) in [7, 11) is 0. The molecule has 0 aliphatic carbocycles. The molecule has 98 valence electrons. The van der Waals surface area contributed by atoms with Gasteiger partial charge in [-0.3, -0.25) is 4.79 Å². The molecule has 5 heteroatoms. The molecule has 1 amide bonds. The summed E-state index contributed by atoms with van der Waals surface area (Å²) < 4.78 is 14.0. The van der Waals surface area contributed by atoms with E-state index in [1.807, 2.05) is 13.0 Å². The van der Waals surface area contributed by atoms with E-state index in [2.05, 4.69) is 5.32 Å². The Balaban J connectivity index is 2.39. The zero-order valence-corrected chi connectivity index (χ0v) is 10.4. The van der Waals surface area contributed by atoms with Gasteiger partial charge >= 0.3 is 0 Å². The van der Waals surface area contributed by atoms with Crippen LogP contribution in [0.1, 0.15) is 24.9 Å². The van der Waals surface area contributed by atoms with Crippen LogP contribution in [0.15, 0.2) is 18.2 Å². The van der Waals surface area contributed by atoms with Crippen LogP contribution < -0.4 is 16.0 Å². The first kappa shape index (κ1) is 12.8. The van der Waals surface area contributed by atoms with Crippen LogP contribution in [0.3, 0.4) is 0 Å². The second-order valence-corrected chi connectivity index (χ2v) is 4.59. The lowest BCUT2D eigenvalue weighted by Crippen LogP contribution is -2.34. The second-order valence-electron chi connectivity index (χ2n) is 4.59. The van der Waals surface area contributed by atoms with Gasteiger partial charge < -0.3 is 16.0 Å². The highest BCUT2D eigenvalue weighted by Crippen LogP contribution is 2.28. The van der Waals surface area contributed by atoms with Crippen LogP contribution in [0.2, 0.25) is 0 Å². The van der Waals surface area contributed by atoms with Gasteiger partial charge in [0.15, 0.2) is 0 Å². The van der Waals surface area contributed by atoms with Crippen molar-refractivity contribution in [3.63, 3.8) is 0 Å². The maximum absolute atomic E-state index is 14.0. The van der Waals surface area contributed by atoms with Crippen LogP contribution in [-0.4, -0.2) is 25.5 Å². The fourth-order valence-electron chi connectivity index (χ4n) is 2.23. The predicted molar refractivity (Wildman–Crippen MR) is 68.8 cm³/mol. The van der Waals surface area contributed by atoms with Crippen molar-refractivity contribution in [2.45, 2.75) is 19.4 Å². The summed E-state index contributed by atoms with van der Waals surface area (Å²) in [4.78, 5) is 13.3. The summed E-state index contributed by atoms with van der Waals surface area (Å²) >= 11 is 0. The number of anilines is 1. The Bertz CT molecular complexity index is 448.